The van der Waals surface area contributed by atoms with Crippen LogP contribution < -0.4 is 5.32 Å². The summed E-state index contributed by atoms with van der Waals surface area (Å²) in [6.07, 6.45) is 1.66. The van der Waals surface area contributed by atoms with Crippen molar-refractivity contribution in [3.63, 3.8) is 0 Å². The Morgan fingerprint density at radius 3 is 2.33 bits per heavy atom. The molecule has 2 aromatic carbocycles. The van der Waals surface area contributed by atoms with Crippen LogP contribution in [0.1, 0.15) is 27.9 Å². The van der Waals surface area contributed by atoms with Crippen molar-refractivity contribution in [2.24, 2.45) is 0 Å². The smallest absolute Gasteiger partial charge is 0.278 e. The van der Waals surface area contributed by atoms with E-state index < -0.39 is 0 Å². The molecule has 1 aliphatic rings. The van der Waals surface area contributed by atoms with E-state index in [2.05, 4.69) is 10.3 Å². The number of carbonyl (C=O) groups is 2. The molecule has 2 amide bonds. The van der Waals surface area contributed by atoms with Gasteiger partial charge in [0.25, 0.3) is 11.8 Å². The fourth-order valence-corrected chi connectivity index (χ4v) is 3.68. The highest BCUT2D eigenvalue weighted by Gasteiger charge is 2.40. The minimum Gasteiger partial charge on any atom is -0.350 e. The maximum atomic E-state index is 13.4. The second-order valence-electron chi connectivity index (χ2n) is 7.53. The number of hydrogen-bond donors (Lipinski definition) is 1. The van der Waals surface area contributed by atoms with Crippen molar-refractivity contribution in [1.29, 1.82) is 0 Å². The van der Waals surface area contributed by atoms with Gasteiger partial charge >= 0.3 is 0 Å². The molecule has 1 N–H and O–H groups in total. The first kappa shape index (κ1) is 19.6. The highest BCUT2D eigenvalue weighted by molar-refractivity contribution is 6.36. The van der Waals surface area contributed by atoms with Gasteiger partial charge in [0.05, 0.1) is 17.8 Å². The molecule has 0 fully saturated rings. The van der Waals surface area contributed by atoms with Gasteiger partial charge in [0, 0.05) is 11.9 Å². The minimum absolute atomic E-state index is 0.131. The van der Waals surface area contributed by atoms with Crippen LogP contribution in [-0.2, 0) is 16.1 Å². The summed E-state index contributed by atoms with van der Waals surface area (Å²) in [5.74, 6) is -0.655. The Morgan fingerprint density at radius 1 is 0.867 bits per heavy atom. The monoisotopic (exact) mass is 397 g/mol. The van der Waals surface area contributed by atoms with Crippen molar-refractivity contribution >= 4 is 23.1 Å². The number of benzene rings is 2. The van der Waals surface area contributed by atoms with Gasteiger partial charge in [-0.05, 0) is 55.7 Å². The summed E-state index contributed by atoms with van der Waals surface area (Å²) >= 11 is 0. The molecule has 1 aliphatic heterocycles. The molecule has 0 bridgehead atoms. The normalized spacial score (nSPS) is 13.9. The lowest BCUT2D eigenvalue weighted by atomic mass is 9.97. The number of hydrogen-bond acceptors (Lipinski definition) is 4. The number of para-hydroxylation sites is 1. The molecule has 30 heavy (non-hydrogen) atoms. The molecule has 0 saturated heterocycles. The Balaban J connectivity index is 1.80. The number of aromatic nitrogens is 1. The third-order valence-electron chi connectivity index (χ3n) is 5.27. The van der Waals surface area contributed by atoms with E-state index >= 15 is 0 Å². The zero-order valence-corrected chi connectivity index (χ0v) is 17.3. The summed E-state index contributed by atoms with van der Waals surface area (Å²) in [6, 6.07) is 19.1. The maximum absolute atomic E-state index is 13.4. The van der Waals surface area contributed by atoms with Gasteiger partial charge < -0.3 is 5.32 Å². The van der Waals surface area contributed by atoms with Crippen molar-refractivity contribution in [2.45, 2.75) is 27.3 Å². The topological polar surface area (TPSA) is 62.3 Å². The zero-order valence-electron chi connectivity index (χ0n) is 17.3. The number of aryl methyl sites for hydroxylation is 3. The number of anilines is 1. The number of nitrogens with zero attached hydrogens (tertiary/aromatic N) is 2. The molecular formula is C25H23N3O2. The molecule has 1 aromatic heterocycles. The van der Waals surface area contributed by atoms with Gasteiger partial charge in [-0.15, -0.1) is 0 Å². The number of nitrogens with one attached hydrogen (secondary N) is 1. The Bertz CT molecular complexity index is 1170. The molecule has 0 spiro atoms. The quantitative estimate of drug-likeness (QED) is 0.648. The van der Waals surface area contributed by atoms with Crippen LogP contribution in [0.3, 0.4) is 0 Å². The number of pyridine rings is 1. The average Bonchev–Trinajstić information content (AvgIpc) is 2.95. The first-order valence-electron chi connectivity index (χ1n) is 9.86. The third kappa shape index (κ3) is 3.62. The Labute approximate surface area is 176 Å². The van der Waals surface area contributed by atoms with Crippen LogP contribution in [0.15, 0.2) is 72.6 Å². The standard InChI is InChI=1S/C25H23N3O2/c1-16-11-12-20(18(3)14-16)22-23(27-21-10-5-4-8-17(21)2)25(30)28(24(22)29)15-19-9-6-7-13-26-19/h4-14,27H,15H2,1-3H3. The van der Waals surface area contributed by atoms with E-state index in [0.29, 0.717) is 17.0 Å². The molecule has 0 radical (unpaired) electrons. The van der Waals surface area contributed by atoms with Crippen molar-refractivity contribution in [3.05, 3.63) is 101 Å². The number of carbonyl (C=O) groups excluding carboxylic acids is 2. The van der Waals surface area contributed by atoms with Crippen molar-refractivity contribution in [1.82, 2.24) is 9.88 Å². The van der Waals surface area contributed by atoms with Crippen molar-refractivity contribution in [3.8, 4) is 0 Å². The molecule has 5 nitrogen and oxygen atoms in total. The predicted octanol–water partition coefficient (Wildman–Crippen LogP) is 4.40. The highest BCUT2D eigenvalue weighted by atomic mass is 16.2. The first-order chi connectivity index (χ1) is 14.5. The van der Waals surface area contributed by atoms with Gasteiger partial charge in [-0.2, -0.15) is 0 Å². The average molecular weight is 397 g/mol. The molecule has 150 valence electrons. The molecule has 3 aromatic rings. The van der Waals surface area contributed by atoms with Gasteiger partial charge in [0.1, 0.15) is 5.70 Å². The molecule has 4 rings (SSSR count). The van der Waals surface area contributed by atoms with E-state index in [0.717, 1.165) is 27.9 Å². The summed E-state index contributed by atoms with van der Waals surface area (Å²) in [5.41, 5.74) is 5.98. The molecular weight excluding hydrogens is 374 g/mol. The van der Waals surface area contributed by atoms with E-state index in [4.69, 9.17) is 0 Å². The fraction of sp³-hybridized carbons (Fsp3) is 0.160. The lowest BCUT2D eigenvalue weighted by Gasteiger charge is -2.15. The van der Waals surface area contributed by atoms with Gasteiger partial charge in [-0.3, -0.25) is 19.5 Å². The van der Waals surface area contributed by atoms with Crippen molar-refractivity contribution < 1.29 is 9.59 Å². The lowest BCUT2D eigenvalue weighted by Crippen LogP contribution is -2.32. The maximum Gasteiger partial charge on any atom is 0.278 e. The summed E-state index contributed by atoms with van der Waals surface area (Å²) in [4.78, 5) is 32.3. The Kier molecular flexibility index (Phi) is 5.19. The van der Waals surface area contributed by atoms with Gasteiger partial charge in [-0.25, -0.2) is 0 Å². The van der Waals surface area contributed by atoms with Crippen LogP contribution in [0.2, 0.25) is 0 Å². The molecule has 2 heterocycles. The third-order valence-corrected chi connectivity index (χ3v) is 5.27. The largest absolute Gasteiger partial charge is 0.350 e. The predicted molar refractivity (Wildman–Crippen MR) is 117 cm³/mol. The number of imide groups is 1. The van der Waals surface area contributed by atoms with E-state index in [1.54, 1.807) is 6.20 Å². The Hall–Kier alpha value is -3.73. The number of amides is 2. The fourth-order valence-electron chi connectivity index (χ4n) is 3.68. The van der Waals surface area contributed by atoms with Crippen LogP contribution in [0.5, 0.6) is 0 Å². The van der Waals surface area contributed by atoms with E-state index in [9.17, 15) is 9.59 Å². The second-order valence-corrected chi connectivity index (χ2v) is 7.53. The van der Waals surface area contributed by atoms with Gasteiger partial charge in [-0.1, -0.05) is 48.0 Å². The van der Waals surface area contributed by atoms with Crippen LogP contribution in [0.4, 0.5) is 5.69 Å². The molecule has 0 saturated carbocycles. The summed E-state index contributed by atoms with van der Waals surface area (Å²) in [7, 11) is 0. The van der Waals surface area contributed by atoms with E-state index in [1.807, 2.05) is 81.4 Å². The molecule has 0 atom stereocenters. The van der Waals surface area contributed by atoms with Gasteiger partial charge in [0.15, 0.2) is 0 Å². The molecule has 5 heteroatoms. The van der Waals surface area contributed by atoms with E-state index in [-0.39, 0.29) is 18.4 Å². The summed E-state index contributed by atoms with van der Waals surface area (Å²) < 4.78 is 0. The highest BCUT2D eigenvalue weighted by Crippen LogP contribution is 2.33. The SMILES string of the molecule is Cc1ccc(C2=C(Nc3ccccc3C)C(=O)N(Cc3ccccn3)C2=O)c(C)c1. The van der Waals surface area contributed by atoms with Crippen LogP contribution >= 0.6 is 0 Å². The van der Waals surface area contributed by atoms with E-state index in [1.165, 1.54) is 4.90 Å². The molecule has 0 unspecified atom stereocenters. The van der Waals surface area contributed by atoms with Crippen LogP contribution in [-0.4, -0.2) is 21.7 Å². The lowest BCUT2D eigenvalue weighted by molar-refractivity contribution is -0.137. The zero-order chi connectivity index (χ0) is 21.3. The first-order valence-corrected chi connectivity index (χ1v) is 9.86. The van der Waals surface area contributed by atoms with Crippen LogP contribution in [0, 0.1) is 20.8 Å². The summed E-state index contributed by atoms with van der Waals surface area (Å²) in [6.45, 7) is 6.06. The minimum atomic E-state index is -0.344. The van der Waals surface area contributed by atoms with Crippen molar-refractivity contribution in [2.75, 3.05) is 5.32 Å². The molecule has 0 aliphatic carbocycles. The van der Waals surface area contributed by atoms with Crippen LogP contribution in [0.25, 0.3) is 5.57 Å². The Morgan fingerprint density at radius 2 is 1.63 bits per heavy atom. The van der Waals surface area contributed by atoms with Gasteiger partial charge in [0.2, 0.25) is 0 Å². The number of rotatable bonds is 5. The summed E-state index contributed by atoms with van der Waals surface area (Å²) in [5, 5.41) is 3.24. The second kappa shape index (κ2) is 7.95.